The van der Waals surface area contributed by atoms with Crippen LogP contribution in [0.15, 0.2) is 59.8 Å². The highest BCUT2D eigenvalue weighted by molar-refractivity contribution is 7.85. The van der Waals surface area contributed by atoms with Crippen LogP contribution in [-0.2, 0) is 92.5 Å². The number of ether oxygens (including phenoxy) is 16. The van der Waals surface area contributed by atoms with Crippen LogP contribution in [-0.4, -0.2) is 422 Å². The van der Waals surface area contributed by atoms with Crippen molar-refractivity contribution in [2.24, 2.45) is 0 Å². The van der Waals surface area contributed by atoms with Gasteiger partial charge < -0.3 is 198 Å². The third-order valence-corrected chi connectivity index (χ3v) is 20.0. The van der Waals surface area contributed by atoms with Gasteiger partial charge in [-0.2, -0.15) is 0 Å². The minimum Gasteiger partial charge on any atom is -0.744 e. The van der Waals surface area contributed by atoms with Crippen molar-refractivity contribution in [1.29, 1.82) is 0 Å². The summed E-state index contributed by atoms with van der Waals surface area (Å²) in [5.41, 5.74) is 0.928. The molecule has 23 N–H and O–H groups in total. The molecule has 2 aromatic rings. The molecule has 30 aliphatic rings. The fraction of sp³-hybridized carbons (Fsp3) is 0.817. The van der Waals surface area contributed by atoms with Gasteiger partial charge in [-0.05, 0) is 19.1 Å². The van der Waals surface area contributed by atoms with E-state index in [4.69, 9.17) is 75.8 Å². The van der Waals surface area contributed by atoms with E-state index in [-0.39, 0.29) is 11.4 Å². The van der Waals surface area contributed by atoms with Gasteiger partial charge in [-0.25, -0.2) is 13.0 Å². The van der Waals surface area contributed by atoms with Crippen molar-refractivity contribution in [2.75, 3.05) is 46.2 Å². The molecule has 0 saturated carbocycles. The lowest BCUT2D eigenvalue weighted by atomic mass is 9.94. The van der Waals surface area contributed by atoms with Gasteiger partial charge in [0.1, 0.15) is 205 Å². The molecule has 44 heteroatoms. The minimum atomic E-state index is -4.27. The molecule has 16 bridgehead atoms. The van der Waals surface area contributed by atoms with Crippen LogP contribution in [0, 0.1) is 6.92 Å². The van der Waals surface area contributed by atoms with E-state index < -0.39 is 302 Å². The molecule has 0 amide bonds. The van der Waals surface area contributed by atoms with Gasteiger partial charge in [0.2, 0.25) is 0 Å². The predicted molar refractivity (Wildman–Crippen MR) is 320 cm³/mol. The quantitative estimate of drug-likeness (QED) is 0.0776. The predicted octanol–water partition coefficient (Wildman–Crippen LogP) is -15.5. The summed E-state index contributed by atoms with van der Waals surface area (Å²) in [6.45, 7) is -5.92. The van der Waals surface area contributed by atoms with Gasteiger partial charge in [-0.3, -0.25) is 0 Å². The van der Waals surface area contributed by atoms with Crippen LogP contribution in [0.25, 0.3) is 0 Å². The smallest absolute Gasteiger partial charge is 0.187 e. The van der Waals surface area contributed by atoms with E-state index in [0.29, 0.717) is 0 Å². The van der Waals surface area contributed by atoms with Crippen LogP contribution >= 0.6 is 0 Å². The first-order valence-corrected chi connectivity index (χ1v) is 34.4. The molecule has 0 radical (unpaired) electrons. The van der Waals surface area contributed by atoms with Gasteiger partial charge in [0.05, 0.1) is 51.1 Å². The molecule has 0 unspecified atom stereocenters. The molecule has 0 aliphatic carbocycles. The standard InChI is InChI=1S/C53H84NO39.C7H8O3S/c55-7-15-39-24(64)32(72)48(80-15)89-41-17(9-57)82-50(34(74)26(41)66)91-43-19(11-59)84-52(36(76)28(43)68)93-45-21(13-61)85-53(37(77)29(45)69)92-44-20(12-60)83-51(35(75)27(44)67)90-42-18(10-58)81-49(33(73)25(42)65)88-40-16(8-56)79-47(31(71)23(40)63)86-38-14(6-54-4-2-1-3-5-54)78-46(87-39)30(70)22(38)62;1-6-2-4-7(5-3-6)11(8,9)10/h1-5,14-53,55-77H,6-13H2;2-5H,1H3,(H,8,9,10)/q+1;/p-1/t14-,15-,16-,17-,18-,19-,20-,21-,22-,23-,24-,25-,26-,27-,28-,29-,30-,31-,32-,33-,34-,35-,36-,37-,38-,39-,40-,41-,42-,43-,44-,45-,46-,47-,48-,49-,50-,51-,52-,53-;/m1./s1. The maximum absolute atomic E-state index is 11.8. The molecule has 40 atom stereocenters. The van der Waals surface area contributed by atoms with Gasteiger partial charge in [-0.15, -0.1) is 0 Å². The van der Waals surface area contributed by atoms with Crippen LogP contribution in [0.5, 0.6) is 0 Å². The van der Waals surface area contributed by atoms with E-state index in [1.165, 1.54) is 16.7 Å². The molecule has 30 aliphatic heterocycles. The Bertz CT molecular complexity index is 3060. The molecule has 594 valence electrons. The van der Waals surface area contributed by atoms with E-state index in [2.05, 4.69) is 0 Å². The highest BCUT2D eigenvalue weighted by Gasteiger charge is 2.61. The molecule has 104 heavy (non-hydrogen) atoms. The number of hydrogen-bond donors (Lipinski definition) is 23. The first kappa shape index (κ1) is 83.2. The third-order valence-electron chi connectivity index (χ3n) is 19.2. The van der Waals surface area contributed by atoms with Crippen molar-refractivity contribution in [2.45, 2.75) is 264 Å². The molecular formula is C60H91NO42S. The van der Waals surface area contributed by atoms with Gasteiger partial charge in [0, 0.05) is 12.1 Å². The summed E-state index contributed by atoms with van der Waals surface area (Å²) in [5, 5.41) is 258. The number of aliphatic hydroxyl groups is 23. The number of aryl methyl sites for hydroxylation is 1. The second-order valence-corrected chi connectivity index (χ2v) is 27.5. The zero-order valence-electron chi connectivity index (χ0n) is 54.8. The van der Waals surface area contributed by atoms with Crippen molar-refractivity contribution in [3.8, 4) is 0 Å². The Kier molecular flexibility index (Phi) is 28.7. The lowest BCUT2D eigenvalue weighted by Gasteiger charge is -2.50. The molecular weight excluding hydrogens is 1440 g/mol. The fourth-order valence-corrected chi connectivity index (χ4v) is 13.8. The summed E-state index contributed by atoms with van der Waals surface area (Å²) in [4.78, 5) is -0.178. The molecule has 1 aromatic heterocycles. The van der Waals surface area contributed by atoms with E-state index in [9.17, 15) is 130 Å². The number of nitrogens with zero attached hydrogens (tertiary/aromatic N) is 1. The van der Waals surface area contributed by atoms with Gasteiger partial charge in [-0.1, -0.05) is 23.8 Å². The summed E-state index contributed by atoms with van der Waals surface area (Å²) >= 11 is 0. The van der Waals surface area contributed by atoms with Crippen molar-refractivity contribution in [3.05, 3.63) is 60.4 Å². The van der Waals surface area contributed by atoms with Crippen LogP contribution in [0.3, 0.4) is 0 Å². The Hall–Kier alpha value is -3.28. The zero-order chi connectivity index (χ0) is 75.7. The van der Waals surface area contributed by atoms with E-state index >= 15 is 0 Å². The third kappa shape index (κ3) is 17.7. The molecule has 0 spiro atoms. The number of rotatable bonds is 10. The van der Waals surface area contributed by atoms with Crippen LogP contribution in [0.4, 0.5) is 0 Å². The van der Waals surface area contributed by atoms with Gasteiger partial charge in [0.15, 0.2) is 69.3 Å². The van der Waals surface area contributed by atoms with Gasteiger partial charge in [0.25, 0.3) is 0 Å². The molecule has 43 nitrogen and oxygen atoms in total. The maximum atomic E-state index is 11.8. The Labute approximate surface area is 589 Å². The molecule has 31 heterocycles. The summed E-state index contributed by atoms with van der Waals surface area (Å²) in [5.74, 6) is 0. The first-order chi connectivity index (χ1) is 49.4. The second kappa shape index (κ2) is 35.8. The summed E-state index contributed by atoms with van der Waals surface area (Å²) in [7, 11) is -4.27. The Morgan fingerprint density at radius 1 is 0.288 bits per heavy atom. The van der Waals surface area contributed by atoms with Gasteiger partial charge >= 0.3 is 0 Å². The second-order valence-electron chi connectivity index (χ2n) is 26.1. The van der Waals surface area contributed by atoms with Crippen molar-refractivity contribution in [3.63, 3.8) is 0 Å². The van der Waals surface area contributed by atoms with Crippen molar-refractivity contribution in [1.82, 2.24) is 0 Å². The topological polar surface area (TPSA) is 674 Å². The number of hydrogen-bond acceptors (Lipinski definition) is 42. The molecule has 30 saturated heterocycles. The van der Waals surface area contributed by atoms with E-state index in [1.54, 1.807) is 42.7 Å². The van der Waals surface area contributed by atoms with E-state index in [1.807, 2.05) is 6.92 Å². The zero-order valence-corrected chi connectivity index (χ0v) is 55.7. The number of benzene rings is 1. The summed E-state index contributed by atoms with van der Waals surface area (Å²) in [6, 6.07) is 10.6. The fourth-order valence-electron chi connectivity index (χ4n) is 13.4. The van der Waals surface area contributed by atoms with E-state index in [0.717, 1.165) is 5.56 Å². The molecule has 1 aromatic carbocycles. The summed E-state index contributed by atoms with van der Waals surface area (Å²) in [6.07, 6.45) is -77.8. The Balaban J connectivity index is 0.000000965. The minimum absolute atomic E-state index is 0.178. The lowest BCUT2D eigenvalue weighted by molar-refractivity contribution is -0.707. The average Bonchev–Trinajstić information content (AvgIpc) is 0.775. The van der Waals surface area contributed by atoms with Crippen LogP contribution in [0.2, 0.25) is 0 Å². The lowest BCUT2D eigenvalue weighted by Crippen LogP contribution is -2.69. The highest BCUT2D eigenvalue weighted by atomic mass is 32.2. The van der Waals surface area contributed by atoms with Crippen LogP contribution < -0.4 is 4.57 Å². The SMILES string of the molecule is Cc1ccc(S(=O)(=O)[O-])cc1.OC[C@H]1O[C@@H]2O[C@H]3[C@H](O)[C@@H](O)[C@@H](O[C@H]4[C@H](O)[C@@H](O)[C@@H](O[C@H]5[C@H](O)[C@@H](O)[C@@H](O[C@H]6[C@H](O)[C@@H](O)[C@@H](O[C@H]7[C@H](O)[C@@H](O)[C@@H](O[C@H]8[C@H](O)[C@@H](O)[C@@H](O[C@H]9[C@H](O)[C@@H](O)[C@@H](O[C@H]1[C@H](O)[C@H]2O)O[C@@H]9CO)O[C@@H]8CO)O[C@@H]7CO)O[C@@H]6C[n+]1ccccc1)O[C@@H]5CO)O[C@@H]4CO)O[C@@H]3CO. The molecule has 30 fully saturated rings. The Morgan fingerprint density at radius 2 is 0.471 bits per heavy atom. The van der Waals surface area contributed by atoms with Crippen LogP contribution in [0.1, 0.15) is 5.56 Å². The number of pyridine rings is 1. The average molecular weight is 1530 g/mol. The van der Waals surface area contributed by atoms with Crippen molar-refractivity contribution >= 4 is 10.1 Å². The summed E-state index contributed by atoms with van der Waals surface area (Å²) < 4.78 is 126. The highest BCUT2D eigenvalue weighted by Crippen LogP contribution is 2.40. The Morgan fingerprint density at radius 3 is 0.654 bits per heavy atom. The number of aliphatic hydroxyl groups excluding tert-OH is 23. The normalized spacial score (nSPS) is 48.6. The first-order valence-electron chi connectivity index (χ1n) is 33.0. The number of aromatic nitrogens is 1. The molecule has 32 rings (SSSR count). The van der Waals surface area contributed by atoms with Crippen molar-refractivity contribution < 1.29 is 211 Å². The monoisotopic (exact) mass is 1530 g/mol. The largest absolute Gasteiger partial charge is 0.744 e. The maximum Gasteiger partial charge on any atom is 0.187 e.